The zero-order valence-corrected chi connectivity index (χ0v) is 10.4. The molecule has 0 radical (unpaired) electrons. The van der Waals surface area contributed by atoms with Gasteiger partial charge in [0.1, 0.15) is 11.6 Å². The summed E-state index contributed by atoms with van der Waals surface area (Å²) in [5.74, 6) is -2.55. The highest BCUT2D eigenvalue weighted by Gasteiger charge is 2.34. The Hall–Kier alpha value is -1.98. The first-order valence-electron chi connectivity index (χ1n) is 5.80. The van der Waals surface area contributed by atoms with Gasteiger partial charge in [-0.3, -0.25) is 9.59 Å². The third-order valence-electron chi connectivity index (χ3n) is 3.04. The largest absolute Gasteiger partial charge is 0.469 e. The van der Waals surface area contributed by atoms with E-state index in [1.807, 2.05) is 0 Å². The molecule has 102 valence electrons. The lowest BCUT2D eigenvalue weighted by Gasteiger charge is -2.16. The molecule has 0 spiro atoms. The zero-order chi connectivity index (χ0) is 14.0. The van der Waals surface area contributed by atoms with Crippen molar-refractivity contribution in [1.29, 1.82) is 0 Å². The first-order chi connectivity index (χ1) is 8.99. The molecule has 1 fully saturated rings. The number of methoxy groups -OCH3 is 1. The Balaban J connectivity index is 2.07. The van der Waals surface area contributed by atoms with Crippen LogP contribution in [-0.4, -0.2) is 30.4 Å². The second kappa shape index (κ2) is 5.34. The standard InChI is InChI=1S/C13H13F2NO3/c1-19-13(18)9-4-12(17)16(7-9)6-8-2-10(14)5-11(15)3-8/h2-3,5,9H,4,6-7H2,1H3. The zero-order valence-electron chi connectivity index (χ0n) is 10.4. The summed E-state index contributed by atoms with van der Waals surface area (Å²) in [5, 5.41) is 0. The molecule has 1 amide bonds. The van der Waals surface area contributed by atoms with E-state index in [0.29, 0.717) is 5.56 Å². The SMILES string of the molecule is COC(=O)C1CC(=O)N(Cc2cc(F)cc(F)c2)C1. The predicted octanol–water partition coefficient (Wildman–Crippen LogP) is 1.49. The van der Waals surface area contributed by atoms with Gasteiger partial charge in [0.05, 0.1) is 13.0 Å². The molecule has 0 bridgehead atoms. The fourth-order valence-corrected chi connectivity index (χ4v) is 2.17. The molecule has 1 heterocycles. The van der Waals surface area contributed by atoms with Crippen LogP contribution in [0.4, 0.5) is 8.78 Å². The molecule has 1 atom stereocenters. The van der Waals surface area contributed by atoms with E-state index in [1.165, 1.54) is 24.1 Å². The number of benzene rings is 1. The van der Waals surface area contributed by atoms with E-state index in [0.717, 1.165) is 6.07 Å². The number of halogens is 2. The quantitative estimate of drug-likeness (QED) is 0.781. The van der Waals surface area contributed by atoms with Gasteiger partial charge in [-0.05, 0) is 17.7 Å². The molecule has 4 nitrogen and oxygen atoms in total. The molecule has 1 aliphatic heterocycles. The van der Waals surface area contributed by atoms with E-state index in [1.54, 1.807) is 0 Å². The van der Waals surface area contributed by atoms with Crippen LogP contribution in [0.25, 0.3) is 0 Å². The normalized spacial score (nSPS) is 18.8. The molecular weight excluding hydrogens is 256 g/mol. The second-order valence-corrected chi connectivity index (χ2v) is 4.48. The van der Waals surface area contributed by atoms with Crippen molar-refractivity contribution in [3.05, 3.63) is 35.4 Å². The minimum Gasteiger partial charge on any atom is -0.469 e. The molecule has 1 aromatic carbocycles. The number of carbonyl (C=O) groups excluding carboxylic acids is 2. The molecule has 1 saturated heterocycles. The van der Waals surface area contributed by atoms with Crippen LogP contribution in [0, 0.1) is 17.6 Å². The molecule has 19 heavy (non-hydrogen) atoms. The molecule has 1 unspecified atom stereocenters. The number of hydrogen-bond acceptors (Lipinski definition) is 3. The Bertz CT molecular complexity index is 498. The summed E-state index contributed by atoms with van der Waals surface area (Å²) in [6.45, 7) is 0.296. The van der Waals surface area contributed by atoms with E-state index >= 15 is 0 Å². The molecule has 1 aromatic rings. The number of hydrogen-bond donors (Lipinski definition) is 0. The first kappa shape index (κ1) is 13.5. The maximum atomic E-state index is 13.0. The lowest BCUT2D eigenvalue weighted by Crippen LogP contribution is -2.26. The van der Waals surface area contributed by atoms with Crippen molar-refractivity contribution in [3.63, 3.8) is 0 Å². The highest BCUT2D eigenvalue weighted by atomic mass is 19.1. The minimum atomic E-state index is -0.689. The van der Waals surface area contributed by atoms with Crippen LogP contribution in [0.5, 0.6) is 0 Å². The molecule has 0 saturated carbocycles. The van der Waals surface area contributed by atoms with Crippen molar-refractivity contribution in [2.75, 3.05) is 13.7 Å². The van der Waals surface area contributed by atoms with Gasteiger partial charge in [0.15, 0.2) is 0 Å². The Kier molecular flexibility index (Phi) is 3.78. The predicted molar refractivity (Wildman–Crippen MR) is 61.9 cm³/mol. The highest BCUT2D eigenvalue weighted by molar-refractivity contribution is 5.86. The molecular formula is C13H13F2NO3. The number of carbonyl (C=O) groups is 2. The van der Waals surface area contributed by atoms with Crippen LogP contribution in [0.3, 0.4) is 0 Å². The Morgan fingerprint density at radius 3 is 2.58 bits per heavy atom. The van der Waals surface area contributed by atoms with Gasteiger partial charge in [-0.25, -0.2) is 8.78 Å². The van der Waals surface area contributed by atoms with Gasteiger partial charge in [0, 0.05) is 25.6 Å². The maximum absolute atomic E-state index is 13.0. The van der Waals surface area contributed by atoms with Crippen LogP contribution in [-0.2, 0) is 20.9 Å². The van der Waals surface area contributed by atoms with E-state index in [4.69, 9.17) is 0 Å². The molecule has 0 aromatic heterocycles. The smallest absolute Gasteiger partial charge is 0.310 e. The highest BCUT2D eigenvalue weighted by Crippen LogP contribution is 2.21. The Labute approximate surface area is 109 Å². The van der Waals surface area contributed by atoms with E-state index < -0.39 is 23.5 Å². The molecule has 0 N–H and O–H groups in total. The van der Waals surface area contributed by atoms with Crippen LogP contribution < -0.4 is 0 Å². The lowest BCUT2D eigenvalue weighted by atomic mass is 10.1. The summed E-state index contributed by atoms with van der Waals surface area (Å²) in [6, 6.07) is 3.11. The molecule has 0 aliphatic carbocycles. The van der Waals surface area contributed by atoms with Gasteiger partial charge in [-0.15, -0.1) is 0 Å². The van der Waals surface area contributed by atoms with Crippen molar-refractivity contribution in [2.24, 2.45) is 5.92 Å². The topological polar surface area (TPSA) is 46.6 Å². The Morgan fingerprint density at radius 2 is 2.00 bits per heavy atom. The first-order valence-corrected chi connectivity index (χ1v) is 5.80. The summed E-state index contributed by atoms with van der Waals surface area (Å²) in [7, 11) is 1.26. The van der Waals surface area contributed by atoms with Gasteiger partial charge in [-0.1, -0.05) is 0 Å². The molecule has 6 heteroatoms. The number of esters is 1. The van der Waals surface area contributed by atoms with Crippen LogP contribution >= 0.6 is 0 Å². The fourth-order valence-electron chi connectivity index (χ4n) is 2.17. The minimum absolute atomic E-state index is 0.0739. The summed E-state index contributed by atoms with van der Waals surface area (Å²) in [5.41, 5.74) is 0.358. The van der Waals surface area contributed by atoms with Crippen LogP contribution in [0.15, 0.2) is 18.2 Å². The van der Waals surface area contributed by atoms with Crippen LogP contribution in [0.1, 0.15) is 12.0 Å². The number of nitrogens with zero attached hydrogens (tertiary/aromatic N) is 1. The molecule has 2 rings (SSSR count). The lowest BCUT2D eigenvalue weighted by molar-refractivity contribution is -0.145. The summed E-state index contributed by atoms with van der Waals surface area (Å²) >= 11 is 0. The van der Waals surface area contributed by atoms with Gasteiger partial charge in [0.2, 0.25) is 5.91 Å². The third kappa shape index (κ3) is 3.07. The van der Waals surface area contributed by atoms with E-state index in [2.05, 4.69) is 4.74 Å². The van der Waals surface area contributed by atoms with Gasteiger partial charge in [0.25, 0.3) is 0 Å². The van der Waals surface area contributed by atoms with Gasteiger partial charge in [-0.2, -0.15) is 0 Å². The van der Waals surface area contributed by atoms with Crippen LogP contribution in [0.2, 0.25) is 0 Å². The van der Waals surface area contributed by atoms with Crippen molar-refractivity contribution < 1.29 is 23.1 Å². The average molecular weight is 269 g/mol. The fraction of sp³-hybridized carbons (Fsp3) is 0.385. The van der Waals surface area contributed by atoms with Crippen molar-refractivity contribution >= 4 is 11.9 Å². The van der Waals surface area contributed by atoms with Gasteiger partial charge >= 0.3 is 5.97 Å². The Morgan fingerprint density at radius 1 is 1.37 bits per heavy atom. The number of likely N-dealkylation sites (tertiary alicyclic amines) is 1. The van der Waals surface area contributed by atoms with E-state index in [9.17, 15) is 18.4 Å². The number of ether oxygens (including phenoxy) is 1. The molecule has 1 aliphatic rings. The summed E-state index contributed by atoms with van der Waals surface area (Å²) in [4.78, 5) is 24.5. The number of rotatable bonds is 3. The second-order valence-electron chi connectivity index (χ2n) is 4.48. The van der Waals surface area contributed by atoms with Crippen molar-refractivity contribution in [2.45, 2.75) is 13.0 Å². The average Bonchev–Trinajstić information content (AvgIpc) is 2.68. The van der Waals surface area contributed by atoms with Crippen molar-refractivity contribution in [1.82, 2.24) is 4.90 Å². The number of amides is 1. The summed E-state index contributed by atoms with van der Waals surface area (Å²) < 4.78 is 30.7. The summed E-state index contributed by atoms with van der Waals surface area (Å²) in [6.07, 6.45) is 0.0739. The third-order valence-corrected chi connectivity index (χ3v) is 3.04. The maximum Gasteiger partial charge on any atom is 0.310 e. The monoisotopic (exact) mass is 269 g/mol. The van der Waals surface area contributed by atoms with E-state index in [-0.39, 0.29) is 25.4 Å². The van der Waals surface area contributed by atoms with Crippen molar-refractivity contribution in [3.8, 4) is 0 Å². The van der Waals surface area contributed by atoms with Gasteiger partial charge < -0.3 is 9.64 Å².